The number of nitrogen functional groups attached to an aromatic ring is 1. The minimum Gasteiger partial charge on any atom is -0.383 e. The zero-order valence-corrected chi connectivity index (χ0v) is 11.4. The third-order valence-electron chi connectivity index (χ3n) is 3.07. The van der Waals surface area contributed by atoms with E-state index < -0.39 is 0 Å². The van der Waals surface area contributed by atoms with Crippen LogP contribution >= 0.6 is 0 Å². The van der Waals surface area contributed by atoms with Gasteiger partial charge in [-0.1, -0.05) is 6.92 Å². The van der Waals surface area contributed by atoms with Crippen LogP contribution < -0.4 is 11.2 Å². The van der Waals surface area contributed by atoms with E-state index in [4.69, 9.17) is 5.73 Å². The fourth-order valence-electron chi connectivity index (χ4n) is 1.76. The molecule has 0 aliphatic heterocycles. The largest absolute Gasteiger partial charge is 0.383 e. The van der Waals surface area contributed by atoms with Gasteiger partial charge in [0.25, 0.3) is 5.91 Å². The predicted octanol–water partition coefficient (Wildman–Crippen LogP) is 1.72. The van der Waals surface area contributed by atoms with Gasteiger partial charge in [-0.05, 0) is 36.8 Å². The number of fused-ring (bicyclic) bond motifs is 1. The maximum atomic E-state index is 12.0. The number of nitrogens with one attached hydrogen (secondary N) is 1. The first kappa shape index (κ1) is 13.3. The van der Waals surface area contributed by atoms with Gasteiger partial charge in [0.1, 0.15) is 5.82 Å². The minimum absolute atomic E-state index is 0.124. The summed E-state index contributed by atoms with van der Waals surface area (Å²) in [4.78, 5) is 16.3. The van der Waals surface area contributed by atoms with E-state index in [9.17, 15) is 4.79 Å². The number of nitrogens with two attached hydrogens (primary N) is 1. The van der Waals surface area contributed by atoms with Crippen LogP contribution in [0, 0.1) is 6.92 Å². The topological polar surface area (TPSA) is 71.2 Å². The Bertz CT molecular complexity index is 624. The van der Waals surface area contributed by atoms with Crippen molar-refractivity contribution < 1.29 is 4.79 Å². The Morgan fingerprint density at radius 2 is 2.16 bits per heavy atom. The molecule has 0 bridgehead atoms. The number of amides is 1. The standard InChI is InChI=1S/C14H18N4O/c1-4-18(3)17-14(19)10-5-6-12-11(8-10)7-9(2)13(15)16-12/h5-8H,4H2,1-3H3,(H2,15,16)(H,17,19). The minimum atomic E-state index is -0.124. The summed E-state index contributed by atoms with van der Waals surface area (Å²) in [7, 11) is 1.82. The molecule has 0 atom stereocenters. The molecule has 0 radical (unpaired) electrons. The molecule has 1 aromatic heterocycles. The van der Waals surface area contributed by atoms with Crippen molar-refractivity contribution in [2.45, 2.75) is 13.8 Å². The Morgan fingerprint density at radius 1 is 1.42 bits per heavy atom. The van der Waals surface area contributed by atoms with Gasteiger partial charge in [-0.2, -0.15) is 0 Å². The van der Waals surface area contributed by atoms with E-state index in [2.05, 4.69) is 10.4 Å². The van der Waals surface area contributed by atoms with E-state index in [1.165, 1.54) is 0 Å². The van der Waals surface area contributed by atoms with Crippen LogP contribution in [0.4, 0.5) is 5.82 Å². The monoisotopic (exact) mass is 258 g/mol. The molecule has 2 aromatic rings. The maximum Gasteiger partial charge on any atom is 0.265 e. The van der Waals surface area contributed by atoms with Crippen molar-refractivity contribution in [3.05, 3.63) is 35.4 Å². The van der Waals surface area contributed by atoms with Crippen LogP contribution in [-0.4, -0.2) is 29.5 Å². The molecular formula is C14H18N4O. The van der Waals surface area contributed by atoms with Crippen molar-refractivity contribution in [1.29, 1.82) is 0 Å². The predicted molar refractivity (Wildman–Crippen MR) is 76.7 cm³/mol. The first-order valence-electron chi connectivity index (χ1n) is 6.20. The highest BCUT2D eigenvalue weighted by molar-refractivity contribution is 5.98. The molecule has 5 nitrogen and oxygen atoms in total. The van der Waals surface area contributed by atoms with Gasteiger partial charge in [-0.15, -0.1) is 0 Å². The molecule has 0 spiro atoms. The molecule has 0 saturated heterocycles. The van der Waals surface area contributed by atoms with Gasteiger partial charge in [0.05, 0.1) is 5.52 Å². The Labute approximate surface area is 112 Å². The molecular weight excluding hydrogens is 240 g/mol. The molecule has 0 fully saturated rings. The Balaban J connectivity index is 2.36. The lowest BCUT2D eigenvalue weighted by atomic mass is 10.1. The van der Waals surface area contributed by atoms with Gasteiger partial charge >= 0.3 is 0 Å². The molecule has 0 saturated carbocycles. The lowest BCUT2D eigenvalue weighted by molar-refractivity contribution is 0.0835. The number of anilines is 1. The molecule has 100 valence electrons. The van der Waals surface area contributed by atoms with Crippen LogP contribution in [0.1, 0.15) is 22.8 Å². The van der Waals surface area contributed by atoms with Gasteiger partial charge in [-0.3, -0.25) is 10.2 Å². The molecule has 0 unspecified atom stereocenters. The SMILES string of the molecule is CCN(C)NC(=O)c1ccc2nc(N)c(C)cc2c1. The Morgan fingerprint density at radius 3 is 2.84 bits per heavy atom. The Kier molecular flexibility index (Phi) is 3.66. The smallest absolute Gasteiger partial charge is 0.265 e. The third kappa shape index (κ3) is 2.82. The molecule has 19 heavy (non-hydrogen) atoms. The van der Waals surface area contributed by atoms with Crippen LogP contribution in [0.15, 0.2) is 24.3 Å². The van der Waals surface area contributed by atoms with Crippen molar-refractivity contribution in [1.82, 2.24) is 15.4 Å². The summed E-state index contributed by atoms with van der Waals surface area (Å²) in [6, 6.07) is 7.33. The molecule has 2 rings (SSSR count). The number of nitrogens with zero attached hydrogens (tertiary/aromatic N) is 2. The van der Waals surface area contributed by atoms with E-state index in [0.717, 1.165) is 23.0 Å². The lowest BCUT2D eigenvalue weighted by Gasteiger charge is -2.15. The van der Waals surface area contributed by atoms with Crippen molar-refractivity contribution in [2.75, 3.05) is 19.3 Å². The highest BCUT2D eigenvalue weighted by Crippen LogP contribution is 2.19. The molecule has 3 N–H and O–H groups in total. The summed E-state index contributed by atoms with van der Waals surface area (Å²) in [5.41, 5.74) is 10.9. The molecule has 1 heterocycles. The normalized spacial score (nSPS) is 10.9. The van der Waals surface area contributed by atoms with Crippen molar-refractivity contribution in [3.63, 3.8) is 0 Å². The van der Waals surface area contributed by atoms with Gasteiger partial charge < -0.3 is 5.73 Å². The first-order chi connectivity index (χ1) is 9.01. The molecule has 1 aromatic carbocycles. The van der Waals surface area contributed by atoms with E-state index in [1.54, 1.807) is 11.1 Å². The number of hydrazine groups is 1. The third-order valence-corrected chi connectivity index (χ3v) is 3.07. The lowest BCUT2D eigenvalue weighted by Crippen LogP contribution is -2.38. The van der Waals surface area contributed by atoms with Gasteiger partial charge in [0, 0.05) is 24.5 Å². The summed E-state index contributed by atoms with van der Waals surface area (Å²) in [5.74, 6) is 0.399. The van der Waals surface area contributed by atoms with Crippen molar-refractivity contribution in [3.8, 4) is 0 Å². The van der Waals surface area contributed by atoms with Crippen molar-refractivity contribution >= 4 is 22.6 Å². The number of carbonyl (C=O) groups excluding carboxylic acids is 1. The van der Waals surface area contributed by atoms with Crippen LogP contribution in [0.5, 0.6) is 0 Å². The number of hydrogen-bond donors (Lipinski definition) is 2. The second-order valence-corrected chi connectivity index (χ2v) is 4.55. The van der Waals surface area contributed by atoms with Crippen LogP contribution in [0.2, 0.25) is 0 Å². The van der Waals surface area contributed by atoms with Gasteiger partial charge in [-0.25, -0.2) is 9.99 Å². The summed E-state index contributed by atoms with van der Waals surface area (Å²) in [6.45, 7) is 4.62. The fourth-order valence-corrected chi connectivity index (χ4v) is 1.76. The number of rotatable bonds is 3. The summed E-state index contributed by atoms with van der Waals surface area (Å²) >= 11 is 0. The van der Waals surface area contributed by atoms with Crippen LogP contribution in [0.3, 0.4) is 0 Å². The number of benzene rings is 1. The average molecular weight is 258 g/mol. The molecule has 5 heteroatoms. The molecule has 0 aliphatic rings. The number of aromatic nitrogens is 1. The second-order valence-electron chi connectivity index (χ2n) is 4.55. The summed E-state index contributed by atoms with van der Waals surface area (Å²) < 4.78 is 0. The van der Waals surface area contributed by atoms with Crippen LogP contribution in [0.25, 0.3) is 10.9 Å². The van der Waals surface area contributed by atoms with Crippen molar-refractivity contribution in [2.24, 2.45) is 0 Å². The van der Waals surface area contributed by atoms with E-state index in [-0.39, 0.29) is 5.91 Å². The Hall–Kier alpha value is -2.14. The van der Waals surface area contributed by atoms with Gasteiger partial charge in [0.15, 0.2) is 0 Å². The highest BCUT2D eigenvalue weighted by Gasteiger charge is 2.09. The van der Waals surface area contributed by atoms with E-state index >= 15 is 0 Å². The van der Waals surface area contributed by atoms with E-state index in [1.807, 2.05) is 39.1 Å². The quantitative estimate of drug-likeness (QED) is 0.822. The first-order valence-corrected chi connectivity index (χ1v) is 6.20. The molecule has 0 aliphatic carbocycles. The highest BCUT2D eigenvalue weighted by atomic mass is 16.2. The number of aryl methyl sites for hydroxylation is 1. The summed E-state index contributed by atoms with van der Waals surface area (Å²) in [6.07, 6.45) is 0. The zero-order valence-electron chi connectivity index (χ0n) is 11.4. The number of hydrogen-bond acceptors (Lipinski definition) is 4. The summed E-state index contributed by atoms with van der Waals surface area (Å²) in [5, 5.41) is 2.65. The second kappa shape index (κ2) is 5.24. The van der Waals surface area contributed by atoms with Crippen LogP contribution in [-0.2, 0) is 0 Å². The van der Waals surface area contributed by atoms with Gasteiger partial charge in [0.2, 0.25) is 0 Å². The number of carbonyl (C=O) groups is 1. The maximum absolute atomic E-state index is 12.0. The van der Waals surface area contributed by atoms with E-state index in [0.29, 0.717) is 11.4 Å². The number of pyridine rings is 1. The average Bonchev–Trinajstić information content (AvgIpc) is 2.39. The zero-order chi connectivity index (χ0) is 14.0. The fraction of sp³-hybridized carbons (Fsp3) is 0.286. The molecule has 1 amide bonds.